The van der Waals surface area contributed by atoms with Crippen LogP contribution >= 0.6 is 11.9 Å². The molecule has 0 aliphatic rings. The lowest BCUT2D eigenvalue weighted by atomic mass is 10.1. The number of rotatable bonds is 9. The van der Waals surface area contributed by atoms with Gasteiger partial charge in [0.05, 0.1) is 19.1 Å². The van der Waals surface area contributed by atoms with Crippen LogP contribution in [0.25, 0.3) is 5.57 Å². The number of ether oxygens (including phenoxy) is 2. The van der Waals surface area contributed by atoms with Crippen molar-refractivity contribution in [1.82, 2.24) is 14.9 Å². The predicted molar refractivity (Wildman–Crippen MR) is 108 cm³/mol. The normalized spacial score (nSPS) is 11.8. The SMILES string of the molecule is CO/C(C)=C/C(=C\N(C)C=O)c1nc(NSC)ncc1Oc1ccc(F)cc1F. The van der Waals surface area contributed by atoms with Gasteiger partial charge in [-0.25, -0.2) is 18.7 Å². The summed E-state index contributed by atoms with van der Waals surface area (Å²) in [5.74, 6) is -0.876. The molecule has 154 valence electrons. The van der Waals surface area contributed by atoms with Gasteiger partial charge in [-0.1, -0.05) is 11.9 Å². The third-order valence-corrected chi connectivity index (χ3v) is 3.91. The van der Waals surface area contributed by atoms with E-state index in [1.54, 1.807) is 26.3 Å². The highest BCUT2D eigenvalue weighted by atomic mass is 32.2. The van der Waals surface area contributed by atoms with E-state index in [1.807, 2.05) is 0 Å². The molecule has 2 rings (SSSR count). The second kappa shape index (κ2) is 10.4. The summed E-state index contributed by atoms with van der Waals surface area (Å²) in [6.07, 6.45) is 6.91. The van der Waals surface area contributed by atoms with Crippen LogP contribution in [0.5, 0.6) is 11.5 Å². The average molecular weight is 422 g/mol. The van der Waals surface area contributed by atoms with Crippen LogP contribution < -0.4 is 9.46 Å². The number of carbonyl (C=O) groups excluding carboxylic acids is 1. The first-order valence-electron chi connectivity index (χ1n) is 8.28. The Kier molecular flexibility index (Phi) is 7.96. The zero-order valence-electron chi connectivity index (χ0n) is 16.3. The molecular weight excluding hydrogens is 402 g/mol. The minimum atomic E-state index is -0.874. The second-order valence-corrected chi connectivity index (χ2v) is 6.32. The molecule has 0 unspecified atom stereocenters. The van der Waals surface area contributed by atoms with Crippen molar-refractivity contribution in [1.29, 1.82) is 0 Å². The van der Waals surface area contributed by atoms with Crippen molar-refractivity contribution in [3.8, 4) is 11.5 Å². The van der Waals surface area contributed by atoms with Gasteiger partial charge >= 0.3 is 0 Å². The van der Waals surface area contributed by atoms with Crippen LogP contribution in [0.15, 0.2) is 42.4 Å². The Bertz CT molecular complexity index is 938. The average Bonchev–Trinajstić information content (AvgIpc) is 2.70. The smallest absolute Gasteiger partial charge is 0.233 e. The van der Waals surface area contributed by atoms with E-state index in [-0.39, 0.29) is 23.1 Å². The van der Waals surface area contributed by atoms with E-state index >= 15 is 0 Å². The molecular formula is C19H20F2N4O3S. The maximum atomic E-state index is 14.1. The highest BCUT2D eigenvalue weighted by molar-refractivity contribution is 7.99. The van der Waals surface area contributed by atoms with Crippen molar-refractivity contribution in [2.45, 2.75) is 6.92 Å². The van der Waals surface area contributed by atoms with Gasteiger partial charge in [0.25, 0.3) is 0 Å². The summed E-state index contributed by atoms with van der Waals surface area (Å²) in [5.41, 5.74) is 0.716. The number of hydrogen-bond acceptors (Lipinski definition) is 7. The van der Waals surface area contributed by atoms with Crippen LogP contribution in [0.4, 0.5) is 14.7 Å². The van der Waals surface area contributed by atoms with Gasteiger partial charge in [-0.15, -0.1) is 0 Å². The van der Waals surface area contributed by atoms with E-state index in [1.165, 1.54) is 42.4 Å². The number of methoxy groups -OCH3 is 1. The first-order chi connectivity index (χ1) is 13.9. The number of allylic oxidation sites excluding steroid dienone is 3. The number of anilines is 1. The Morgan fingerprint density at radius 3 is 2.69 bits per heavy atom. The highest BCUT2D eigenvalue weighted by Crippen LogP contribution is 2.32. The van der Waals surface area contributed by atoms with Crippen molar-refractivity contribution >= 4 is 29.9 Å². The van der Waals surface area contributed by atoms with Crippen molar-refractivity contribution in [3.05, 3.63) is 59.8 Å². The number of nitrogens with one attached hydrogen (secondary N) is 1. The summed E-state index contributed by atoms with van der Waals surface area (Å²) in [6, 6.07) is 2.96. The molecule has 1 N–H and O–H groups in total. The number of halogens is 2. The van der Waals surface area contributed by atoms with E-state index in [0.29, 0.717) is 23.8 Å². The minimum absolute atomic E-state index is 0.105. The monoisotopic (exact) mass is 422 g/mol. The Morgan fingerprint density at radius 2 is 2.07 bits per heavy atom. The summed E-state index contributed by atoms with van der Waals surface area (Å²) < 4.78 is 41.0. The molecule has 0 fully saturated rings. The molecule has 0 saturated heterocycles. The molecule has 0 aliphatic carbocycles. The largest absolute Gasteiger partial charge is 0.501 e. The topological polar surface area (TPSA) is 76.6 Å². The highest BCUT2D eigenvalue weighted by Gasteiger charge is 2.16. The maximum absolute atomic E-state index is 14.1. The molecule has 0 atom stereocenters. The Hall–Kier alpha value is -3.14. The third-order valence-electron chi connectivity index (χ3n) is 3.53. The van der Waals surface area contributed by atoms with E-state index in [0.717, 1.165) is 6.07 Å². The number of carbonyl (C=O) groups is 1. The van der Waals surface area contributed by atoms with Crippen LogP contribution in [0, 0.1) is 11.6 Å². The Labute approximate surface area is 171 Å². The number of hydrogen-bond donors (Lipinski definition) is 1. The molecule has 0 aliphatic heterocycles. The fraction of sp³-hybridized carbons (Fsp3) is 0.211. The summed E-state index contributed by atoms with van der Waals surface area (Å²) in [5, 5.41) is 0. The molecule has 0 saturated carbocycles. The number of amides is 1. The molecule has 29 heavy (non-hydrogen) atoms. The van der Waals surface area contributed by atoms with Crippen molar-refractivity contribution in [2.24, 2.45) is 0 Å². The summed E-state index contributed by atoms with van der Waals surface area (Å²) in [7, 11) is 3.05. The molecule has 1 amide bonds. The Balaban J connectivity index is 2.61. The van der Waals surface area contributed by atoms with Crippen molar-refractivity contribution in [3.63, 3.8) is 0 Å². The van der Waals surface area contributed by atoms with E-state index < -0.39 is 11.6 Å². The number of aromatic nitrogens is 2. The summed E-state index contributed by atoms with van der Waals surface area (Å²) in [6.45, 7) is 1.72. The number of benzene rings is 1. The lowest BCUT2D eigenvalue weighted by Crippen LogP contribution is -2.09. The first kappa shape index (κ1) is 22.2. The predicted octanol–water partition coefficient (Wildman–Crippen LogP) is 4.22. The van der Waals surface area contributed by atoms with Gasteiger partial charge in [0, 0.05) is 31.1 Å². The zero-order valence-corrected chi connectivity index (χ0v) is 17.1. The van der Waals surface area contributed by atoms with E-state index in [4.69, 9.17) is 9.47 Å². The second-order valence-electron chi connectivity index (χ2n) is 5.70. The van der Waals surface area contributed by atoms with Gasteiger partial charge in [0.1, 0.15) is 11.5 Å². The first-order valence-corrected chi connectivity index (χ1v) is 9.51. The van der Waals surface area contributed by atoms with Crippen LogP contribution in [-0.4, -0.2) is 41.7 Å². The lowest BCUT2D eigenvalue weighted by Gasteiger charge is -2.15. The van der Waals surface area contributed by atoms with Gasteiger partial charge in [0.2, 0.25) is 12.4 Å². The molecule has 1 aromatic heterocycles. The molecule has 0 bridgehead atoms. The Morgan fingerprint density at radius 1 is 1.31 bits per heavy atom. The fourth-order valence-electron chi connectivity index (χ4n) is 2.16. The zero-order chi connectivity index (χ0) is 21.4. The molecule has 10 heteroatoms. The maximum Gasteiger partial charge on any atom is 0.233 e. The van der Waals surface area contributed by atoms with Crippen LogP contribution in [-0.2, 0) is 9.53 Å². The lowest BCUT2D eigenvalue weighted by molar-refractivity contribution is -0.114. The third kappa shape index (κ3) is 6.18. The number of nitrogens with zero attached hydrogens (tertiary/aromatic N) is 3. The summed E-state index contributed by atoms with van der Waals surface area (Å²) in [4.78, 5) is 20.9. The van der Waals surface area contributed by atoms with Crippen LogP contribution in [0.3, 0.4) is 0 Å². The molecule has 0 radical (unpaired) electrons. The van der Waals surface area contributed by atoms with Crippen LogP contribution in [0.1, 0.15) is 12.6 Å². The van der Waals surface area contributed by atoms with Gasteiger partial charge in [-0.3, -0.25) is 9.52 Å². The van der Waals surface area contributed by atoms with Crippen molar-refractivity contribution in [2.75, 3.05) is 25.1 Å². The van der Waals surface area contributed by atoms with E-state index in [2.05, 4.69) is 14.7 Å². The van der Waals surface area contributed by atoms with Crippen LogP contribution in [0.2, 0.25) is 0 Å². The molecule has 0 spiro atoms. The van der Waals surface area contributed by atoms with Gasteiger partial charge in [0.15, 0.2) is 17.3 Å². The summed E-state index contributed by atoms with van der Waals surface area (Å²) >= 11 is 1.28. The van der Waals surface area contributed by atoms with Crippen molar-refractivity contribution < 1.29 is 23.0 Å². The van der Waals surface area contributed by atoms with Gasteiger partial charge in [-0.05, 0) is 25.1 Å². The van der Waals surface area contributed by atoms with Gasteiger partial charge < -0.3 is 14.4 Å². The minimum Gasteiger partial charge on any atom is -0.501 e. The van der Waals surface area contributed by atoms with E-state index in [9.17, 15) is 13.6 Å². The quantitative estimate of drug-likeness (QED) is 0.281. The standard InChI is InChI=1S/C19H20F2N4O3S/c1-12(27-3)7-13(10-25(2)11-26)18-17(9-22-19(23-18)24-29-4)28-16-6-5-14(20)8-15(16)21/h5-11H,1-4H3,(H,22,23,24)/b12-7+,13-10+. The molecule has 7 nitrogen and oxygen atoms in total. The molecule has 1 aromatic carbocycles. The fourth-order valence-corrected chi connectivity index (χ4v) is 2.44. The molecule has 2 aromatic rings. The molecule has 1 heterocycles. The van der Waals surface area contributed by atoms with Gasteiger partial charge in [-0.2, -0.15) is 0 Å².